The second-order valence-electron chi connectivity index (χ2n) is 6.23. The highest BCUT2D eigenvalue weighted by atomic mass is 32.2. The second-order valence-corrected chi connectivity index (χ2v) is 7.21. The average molecular weight is 449 g/mol. The van der Waals surface area contributed by atoms with Crippen LogP contribution in [0.4, 0.5) is 0 Å². The van der Waals surface area contributed by atoms with Gasteiger partial charge in [-0.3, -0.25) is 24.0 Å². The van der Waals surface area contributed by atoms with Crippen LogP contribution in [0.2, 0.25) is 0 Å². The van der Waals surface area contributed by atoms with Crippen molar-refractivity contribution in [3.63, 3.8) is 0 Å². The van der Waals surface area contributed by atoms with E-state index in [4.69, 9.17) is 21.7 Å². The highest BCUT2D eigenvalue weighted by molar-refractivity contribution is 7.98. The van der Waals surface area contributed by atoms with Gasteiger partial charge in [-0.25, -0.2) is 4.79 Å². The number of carbonyl (C=O) groups is 6. The largest absolute Gasteiger partial charge is 0.481 e. The van der Waals surface area contributed by atoms with Crippen molar-refractivity contribution in [2.75, 3.05) is 18.6 Å². The molecule has 13 nitrogen and oxygen atoms in total. The quantitative estimate of drug-likeness (QED) is 0.134. The predicted molar refractivity (Wildman–Crippen MR) is 106 cm³/mol. The number of nitrogens with one attached hydrogen (secondary N) is 3. The van der Waals surface area contributed by atoms with Gasteiger partial charge in [-0.2, -0.15) is 11.8 Å². The summed E-state index contributed by atoms with van der Waals surface area (Å²) in [7, 11) is 0. The van der Waals surface area contributed by atoms with E-state index in [1.54, 1.807) is 0 Å². The molecule has 0 heterocycles. The number of nitrogens with two attached hydrogens (primary N) is 2. The van der Waals surface area contributed by atoms with Gasteiger partial charge in [-0.15, -0.1) is 0 Å². The van der Waals surface area contributed by atoms with Crippen LogP contribution >= 0.6 is 11.8 Å². The molecule has 30 heavy (non-hydrogen) atoms. The van der Waals surface area contributed by atoms with Gasteiger partial charge in [0, 0.05) is 6.42 Å². The Morgan fingerprint density at radius 1 is 0.967 bits per heavy atom. The number of hydrogen-bond donors (Lipinski definition) is 7. The minimum absolute atomic E-state index is 0.341. The molecule has 0 aliphatic heterocycles. The molecule has 0 bridgehead atoms. The van der Waals surface area contributed by atoms with E-state index in [1.165, 1.54) is 11.8 Å². The van der Waals surface area contributed by atoms with Gasteiger partial charge in [0.05, 0.1) is 19.0 Å². The third-order valence-electron chi connectivity index (χ3n) is 3.71. The Balaban J connectivity index is 4.81. The van der Waals surface area contributed by atoms with Gasteiger partial charge >= 0.3 is 11.9 Å². The molecule has 0 spiro atoms. The third kappa shape index (κ3) is 11.9. The molecule has 0 fully saturated rings. The van der Waals surface area contributed by atoms with Gasteiger partial charge < -0.3 is 37.6 Å². The Bertz CT molecular complexity index is 660. The monoisotopic (exact) mass is 449 g/mol. The number of carboxylic acid groups (broad SMARTS) is 2. The van der Waals surface area contributed by atoms with E-state index in [9.17, 15) is 28.8 Å². The zero-order chi connectivity index (χ0) is 23.3. The van der Waals surface area contributed by atoms with Crippen LogP contribution in [0.5, 0.6) is 0 Å². The van der Waals surface area contributed by atoms with Gasteiger partial charge in [-0.05, 0) is 24.9 Å². The van der Waals surface area contributed by atoms with Crippen LogP contribution in [0.25, 0.3) is 0 Å². The van der Waals surface area contributed by atoms with Crippen molar-refractivity contribution in [2.24, 2.45) is 11.5 Å². The number of thioether (sulfide) groups is 1. The van der Waals surface area contributed by atoms with Crippen LogP contribution < -0.4 is 27.4 Å². The smallest absolute Gasteiger partial charge is 0.326 e. The normalized spacial score (nSPS) is 13.4. The molecule has 4 amide bonds. The summed E-state index contributed by atoms with van der Waals surface area (Å²) in [6.45, 7) is -0.667. The lowest BCUT2D eigenvalue weighted by atomic mass is 10.1. The van der Waals surface area contributed by atoms with E-state index >= 15 is 0 Å². The fraction of sp³-hybridized carbons (Fsp3) is 0.625. The average Bonchev–Trinajstić information content (AvgIpc) is 2.65. The summed E-state index contributed by atoms with van der Waals surface area (Å²) in [5.74, 6) is -5.41. The Morgan fingerprint density at radius 3 is 2.10 bits per heavy atom. The van der Waals surface area contributed by atoms with E-state index in [-0.39, 0.29) is 6.42 Å². The van der Waals surface area contributed by atoms with Crippen molar-refractivity contribution >= 4 is 47.3 Å². The molecular formula is C16H27N5O8S. The summed E-state index contributed by atoms with van der Waals surface area (Å²) in [5.41, 5.74) is 10.8. The maximum absolute atomic E-state index is 12.2. The SMILES string of the molecule is CSCCC(N)C(=O)NC(CC(N)=O)C(=O)NCC(=O)NC(CCC(=O)O)C(=O)O. The van der Waals surface area contributed by atoms with Crippen molar-refractivity contribution in [2.45, 2.75) is 43.8 Å². The highest BCUT2D eigenvalue weighted by Crippen LogP contribution is 2.01. The second kappa shape index (κ2) is 14.2. The summed E-state index contributed by atoms with van der Waals surface area (Å²) < 4.78 is 0. The van der Waals surface area contributed by atoms with Crippen molar-refractivity contribution in [3.8, 4) is 0 Å². The summed E-state index contributed by atoms with van der Waals surface area (Å²) in [6, 6.07) is -3.74. The van der Waals surface area contributed by atoms with Gasteiger partial charge in [-0.1, -0.05) is 0 Å². The summed E-state index contributed by atoms with van der Waals surface area (Å²) >= 11 is 1.47. The van der Waals surface area contributed by atoms with Crippen LogP contribution in [-0.2, 0) is 28.8 Å². The van der Waals surface area contributed by atoms with E-state index in [1.807, 2.05) is 6.26 Å². The zero-order valence-corrected chi connectivity index (χ0v) is 17.2. The van der Waals surface area contributed by atoms with Crippen molar-refractivity contribution in [3.05, 3.63) is 0 Å². The molecule has 0 saturated carbocycles. The van der Waals surface area contributed by atoms with Crippen LogP contribution in [0, 0.1) is 0 Å². The molecule has 0 aromatic carbocycles. The van der Waals surface area contributed by atoms with Gasteiger partial charge in [0.25, 0.3) is 0 Å². The molecule has 9 N–H and O–H groups in total. The number of amides is 4. The fourth-order valence-electron chi connectivity index (χ4n) is 2.13. The molecule has 3 atom stereocenters. The number of carboxylic acids is 2. The van der Waals surface area contributed by atoms with Crippen LogP contribution in [0.3, 0.4) is 0 Å². The molecule has 0 aromatic rings. The van der Waals surface area contributed by atoms with E-state index in [0.717, 1.165) is 0 Å². The lowest BCUT2D eigenvalue weighted by Crippen LogP contribution is -2.54. The minimum atomic E-state index is -1.46. The number of rotatable bonds is 15. The van der Waals surface area contributed by atoms with E-state index < -0.39 is 73.1 Å². The maximum atomic E-state index is 12.2. The van der Waals surface area contributed by atoms with Gasteiger partial charge in [0.1, 0.15) is 12.1 Å². The van der Waals surface area contributed by atoms with E-state index in [2.05, 4.69) is 16.0 Å². The Kier molecular flexibility index (Phi) is 12.8. The van der Waals surface area contributed by atoms with Crippen molar-refractivity contribution < 1.29 is 39.0 Å². The first-order valence-corrected chi connectivity index (χ1v) is 10.2. The molecule has 0 rings (SSSR count). The van der Waals surface area contributed by atoms with Gasteiger partial charge in [0.2, 0.25) is 23.6 Å². The molecular weight excluding hydrogens is 422 g/mol. The predicted octanol–water partition coefficient (Wildman–Crippen LogP) is -3.02. The van der Waals surface area contributed by atoms with Crippen molar-refractivity contribution in [1.82, 2.24) is 16.0 Å². The summed E-state index contributed by atoms with van der Waals surface area (Å²) in [5, 5.41) is 24.1. The number of aliphatic carboxylic acids is 2. The van der Waals surface area contributed by atoms with Gasteiger partial charge in [0.15, 0.2) is 0 Å². The Hall–Kier alpha value is -2.87. The number of carbonyl (C=O) groups excluding carboxylic acids is 4. The first kappa shape index (κ1) is 27.1. The Morgan fingerprint density at radius 2 is 1.60 bits per heavy atom. The standard InChI is InChI=1S/C16H27N5O8S/c1-30-5-4-8(17)14(26)21-10(6-11(18)22)15(27)19-7-12(23)20-9(16(28)29)2-3-13(24)25/h8-10H,2-7,17H2,1H3,(H2,18,22)(H,19,27)(H,20,23)(H,21,26)(H,24,25)(H,28,29). The fourth-order valence-corrected chi connectivity index (χ4v) is 2.62. The molecule has 170 valence electrons. The molecule has 3 unspecified atom stereocenters. The first-order chi connectivity index (χ1) is 14.0. The zero-order valence-electron chi connectivity index (χ0n) is 16.4. The molecule has 0 saturated heterocycles. The summed E-state index contributed by atoms with van der Waals surface area (Å²) in [4.78, 5) is 69.0. The number of primary amides is 1. The highest BCUT2D eigenvalue weighted by Gasteiger charge is 2.26. The lowest BCUT2D eigenvalue weighted by Gasteiger charge is -2.20. The topological polar surface area (TPSA) is 231 Å². The molecule has 0 radical (unpaired) electrons. The van der Waals surface area contributed by atoms with Crippen LogP contribution in [-0.4, -0.2) is 82.5 Å². The summed E-state index contributed by atoms with van der Waals surface area (Å²) in [6.07, 6.45) is 0.805. The number of hydrogen-bond acceptors (Lipinski definition) is 8. The molecule has 14 heteroatoms. The minimum Gasteiger partial charge on any atom is -0.481 e. The molecule has 0 aromatic heterocycles. The van der Waals surface area contributed by atoms with Crippen molar-refractivity contribution in [1.29, 1.82) is 0 Å². The third-order valence-corrected chi connectivity index (χ3v) is 4.36. The van der Waals surface area contributed by atoms with Crippen LogP contribution in [0.15, 0.2) is 0 Å². The molecule has 0 aliphatic carbocycles. The van der Waals surface area contributed by atoms with E-state index in [0.29, 0.717) is 12.2 Å². The maximum Gasteiger partial charge on any atom is 0.326 e. The first-order valence-electron chi connectivity index (χ1n) is 8.82. The van der Waals surface area contributed by atoms with Crippen LogP contribution in [0.1, 0.15) is 25.7 Å². The molecule has 0 aliphatic rings. The lowest BCUT2D eigenvalue weighted by molar-refractivity contribution is -0.143. The Labute approximate surface area is 176 Å².